The number of rotatable bonds is 8. The van der Waals surface area contributed by atoms with Crippen LogP contribution in [0.25, 0.3) is 0 Å². The molecule has 0 radical (unpaired) electrons. The van der Waals surface area contributed by atoms with Gasteiger partial charge in [-0.2, -0.15) is 13.2 Å². The maximum absolute atomic E-state index is 12.9. The molecule has 41 heavy (non-hydrogen) atoms. The number of carbonyl (C=O) groups is 4. The van der Waals surface area contributed by atoms with E-state index in [2.05, 4.69) is 5.32 Å². The lowest BCUT2D eigenvalue weighted by molar-refractivity contribution is -0.192. The molecule has 0 unspecified atom stereocenters. The molecule has 1 aliphatic rings. The largest absolute Gasteiger partial charge is 0.490 e. The Labute approximate surface area is 238 Å². The predicted molar refractivity (Wildman–Crippen MR) is 143 cm³/mol. The number of hydrogen-bond acceptors (Lipinski definition) is 8. The zero-order valence-corrected chi connectivity index (χ0v) is 24.4. The number of piperidine rings is 1. The van der Waals surface area contributed by atoms with Crippen LogP contribution in [-0.2, 0) is 35.2 Å². The minimum absolute atomic E-state index is 0.195. The molecule has 1 saturated heterocycles. The summed E-state index contributed by atoms with van der Waals surface area (Å²) in [7, 11) is 0. The Bertz CT molecular complexity index is 996. The molecule has 1 amide bonds. The highest BCUT2D eigenvalue weighted by Gasteiger charge is 2.38. The van der Waals surface area contributed by atoms with Gasteiger partial charge in [-0.05, 0) is 79.5 Å². The molecule has 1 aromatic carbocycles. The second-order valence-electron chi connectivity index (χ2n) is 11.5. The molecule has 2 N–H and O–H groups in total. The van der Waals surface area contributed by atoms with Gasteiger partial charge in [-0.15, -0.1) is 0 Å². The maximum atomic E-state index is 12.9. The molecule has 1 heterocycles. The molecule has 0 aliphatic carbocycles. The number of alkyl halides is 3. The fourth-order valence-electron chi connectivity index (χ4n) is 3.74. The second-order valence-corrected chi connectivity index (χ2v) is 11.5. The van der Waals surface area contributed by atoms with Gasteiger partial charge in [-0.25, -0.2) is 9.59 Å². The van der Waals surface area contributed by atoms with Crippen molar-refractivity contribution in [2.45, 2.75) is 90.8 Å². The fraction of sp³-hybridized carbons (Fsp3) is 0.643. The van der Waals surface area contributed by atoms with E-state index in [4.69, 9.17) is 24.1 Å². The summed E-state index contributed by atoms with van der Waals surface area (Å²) in [4.78, 5) is 48.4. The highest BCUT2D eigenvalue weighted by molar-refractivity contribution is 5.77. The summed E-state index contributed by atoms with van der Waals surface area (Å²) >= 11 is 0. The van der Waals surface area contributed by atoms with E-state index in [9.17, 15) is 27.6 Å². The van der Waals surface area contributed by atoms with Crippen LogP contribution < -0.4 is 5.32 Å². The molecular weight excluding hydrogens is 549 g/mol. The summed E-state index contributed by atoms with van der Waals surface area (Å²) in [5.74, 6) is -3.49. The SMILES string of the molecule is CC(C)(C)OC(=O)NCC[C@@H](C(=O)OC(C)(C)C)N1CCC(C(=O)OCc2ccccc2)CC1.O=C(O)C(F)(F)F. The Morgan fingerprint density at radius 3 is 1.93 bits per heavy atom. The molecule has 2 rings (SSSR count). The molecular formula is C28H41F3N2O8. The van der Waals surface area contributed by atoms with Crippen molar-refractivity contribution in [2.24, 2.45) is 5.92 Å². The van der Waals surface area contributed by atoms with Crippen LogP contribution >= 0.6 is 0 Å². The third-order valence-corrected chi connectivity index (χ3v) is 5.53. The lowest BCUT2D eigenvalue weighted by Crippen LogP contribution is -2.50. The van der Waals surface area contributed by atoms with Crippen molar-refractivity contribution in [1.82, 2.24) is 10.2 Å². The number of carboxylic acids is 1. The first-order valence-corrected chi connectivity index (χ1v) is 13.2. The number of halogens is 3. The summed E-state index contributed by atoms with van der Waals surface area (Å²) in [5.41, 5.74) is -0.255. The van der Waals surface area contributed by atoms with Crippen LogP contribution in [0, 0.1) is 5.92 Å². The number of carboxylic acid groups (broad SMARTS) is 1. The van der Waals surface area contributed by atoms with E-state index in [1.165, 1.54) is 0 Å². The highest BCUT2D eigenvalue weighted by atomic mass is 19.4. The van der Waals surface area contributed by atoms with Crippen molar-refractivity contribution in [3.63, 3.8) is 0 Å². The number of likely N-dealkylation sites (tertiary alicyclic amines) is 1. The maximum Gasteiger partial charge on any atom is 0.490 e. The molecule has 1 aromatic rings. The topological polar surface area (TPSA) is 131 Å². The smallest absolute Gasteiger partial charge is 0.475 e. The molecule has 10 nitrogen and oxygen atoms in total. The van der Waals surface area contributed by atoms with Gasteiger partial charge in [0.05, 0.1) is 5.92 Å². The lowest BCUT2D eigenvalue weighted by atomic mass is 9.95. The number of amides is 1. The molecule has 0 bridgehead atoms. The van der Waals surface area contributed by atoms with Crippen LogP contribution in [0.1, 0.15) is 66.4 Å². The van der Waals surface area contributed by atoms with Crippen molar-refractivity contribution in [3.8, 4) is 0 Å². The monoisotopic (exact) mass is 590 g/mol. The molecule has 0 saturated carbocycles. The van der Waals surface area contributed by atoms with E-state index < -0.39 is 35.5 Å². The quantitative estimate of drug-likeness (QED) is 0.327. The van der Waals surface area contributed by atoms with Crippen molar-refractivity contribution < 1.29 is 51.7 Å². The van der Waals surface area contributed by atoms with Crippen molar-refractivity contribution in [3.05, 3.63) is 35.9 Å². The Hall–Kier alpha value is -3.35. The van der Waals surface area contributed by atoms with Crippen molar-refractivity contribution in [2.75, 3.05) is 19.6 Å². The summed E-state index contributed by atoms with van der Waals surface area (Å²) < 4.78 is 48.1. The van der Waals surface area contributed by atoms with E-state index in [1.54, 1.807) is 20.8 Å². The molecule has 1 aliphatic heterocycles. The zero-order valence-electron chi connectivity index (χ0n) is 24.4. The number of esters is 2. The average Bonchev–Trinajstić information content (AvgIpc) is 2.83. The van der Waals surface area contributed by atoms with E-state index in [0.29, 0.717) is 32.4 Å². The van der Waals surface area contributed by atoms with E-state index in [0.717, 1.165) is 5.56 Å². The van der Waals surface area contributed by atoms with E-state index in [1.807, 2.05) is 56.0 Å². The number of carbonyl (C=O) groups excluding carboxylic acids is 3. The lowest BCUT2D eigenvalue weighted by Gasteiger charge is -2.36. The summed E-state index contributed by atoms with van der Waals surface area (Å²) in [5, 5.41) is 9.84. The van der Waals surface area contributed by atoms with Crippen molar-refractivity contribution in [1.29, 1.82) is 0 Å². The number of benzene rings is 1. The van der Waals surface area contributed by atoms with Crippen LogP contribution in [0.2, 0.25) is 0 Å². The highest BCUT2D eigenvalue weighted by Crippen LogP contribution is 2.23. The zero-order chi connectivity index (χ0) is 31.4. The van der Waals surface area contributed by atoms with E-state index >= 15 is 0 Å². The molecule has 1 atom stereocenters. The molecule has 232 valence electrons. The standard InChI is InChI=1S/C26H40N2O6.C2HF3O2/c1-25(2,3)33-23(30)21(12-15-27-24(31)34-26(4,5)6)28-16-13-20(14-17-28)22(29)32-18-19-10-8-7-9-11-19;3-2(4,5)1(6)7/h7-11,20-21H,12-18H2,1-6H3,(H,27,31);(H,6,7)/t21-;/m0./s1. The van der Waals surface area contributed by atoms with Gasteiger partial charge in [0.1, 0.15) is 23.9 Å². The van der Waals surface area contributed by atoms with Gasteiger partial charge in [-0.1, -0.05) is 30.3 Å². The van der Waals surface area contributed by atoms with Crippen LogP contribution in [0.15, 0.2) is 30.3 Å². The Kier molecular flexibility index (Phi) is 13.6. The Morgan fingerprint density at radius 1 is 0.951 bits per heavy atom. The number of nitrogens with one attached hydrogen (secondary N) is 1. The van der Waals surface area contributed by atoms with Crippen LogP contribution in [-0.4, -0.2) is 77.1 Å². The van der Waals surface area contributed by atoms with Gasteiger partial charge in [0.2, 0.25) is 0 Å². The molecule has 1 fully saturated rings. The predicted octanol–water partition coefficient (Wildman–Crippen LogP) is 4.70. The minimum Gasteiger partial charge on any atom is -0.475 e. The molecule has 0 spiro atoms. The van der Waals surface area contributed by atoms with Gasteiger partial charge in [0.25, 0.3) is 0 Å². The number of alkyl carbamates (subject to hydrolysis) is 1. The fourth-order valence-corrected chi connectivity index (χ4v) is 3.74. The average molecular weight is 591 g/mol. The summed E-state index contributed by atoms with van der Waals surface area (Å²) in [6, 6.07) is 9.08. The molecule has 13 heteroatoms. The van der Waals surface area contributed by atoms with Crippen molar-refractivity contribution >= 4 is 24.0 Å². The first-order chi connectivity index (χ1) is 18.8. The van der Waals surface area contributed by atoms with Gasteiger partial charge in [-0.3, -0.25) is 14.5 Å². The van der Waals surface area contributed by atoms with E-state index in [-0.39, 0.29) is 31.0 Å². The van der Waals surface area contributed by atoms with Crippen LogP contribution in [0.4, 0.5) is 18.0 Å². The summed E-state index contributed by atoms with van der Waals surface area (Å²) in [6.45, 7) is 12.6. The summed E-state index contributed by atoms with van der Waals surface area (Å²) in [6.07, 6.45) is -4.01. The number of nitrogens with zero attached hydrogens (tertiary/aromatic N) is 1. The second kappa shape index (κ2) is 15.6. The third-order valence-electron chi connectivity index (χ3n) is 5.53. The van der Waals surface area contributed by atoms with Gasteiger partial charge in [0, 0.05) is 6.54 Å². The Balaban J connectivity index is 0.00000106. The number of ether oxygens (including phenoxy) is 3. The normalized spacial score (nSPS) is 15.5. The van der Waals surface area contributed by atoms with Gasteiger partial charge < -0.3 is 24.6 Å². The van der Waals surface area contributed by atoms with Gasteiger partial charge in [0.15, 0.2) is 0 Å². The first-order valence-electron chi connectivity index (χ1n) is 13.2. The third kappa shape index (κ3) is 15.3. The minimum atomic E-state index is -5.08. The van der Waals surface area contributed by atoms with Gasteiger partial charge >= 0.3 is 30.2 Å². The van der Waals surface area contributed by atoms with Crippen LogP contribution in [0.3, 0.4) is 0 Å². The Morgan fingerprint density at radius 2 is 1.46 bits per heavy atom. The number of aliphatic carboxylic acids is 1. The number of hydrogen-bond donors (Lipinski definition) is 2. The first kappa shape index (κ1) is 35.7. The van der Waals surface area contributed by atoms with Crippen LogP contribution in [0.5, 0.6) is 0 Å². The molecule has 0 aromatic heterocycles.